The van der Waals surface area contributed by atoms with Crippen molar-refractivity contribution in [1.29, 1.82) is 0 Å². The summed E-state index contributed by atoms with van der Waals surface area (Å²) in [5.74, 6) is -0.869. The number of halogens is 4. The van der Waals surface area contributed by atoms with E-state index in [1.165, 1.54) is 13.0 Å². The van der Waals surface area contributed by atoms with Gasteiger partial charge in [-0.2, -0.15) is 13.2 Å². The third kappa shape index (κ3) is 5.88. The molecular formula is C17H23ClF3N3O2. The minimum Gasteiger partial charge on any atom is -0.344 e. The Bertz CT molecular complexity index is 647. The van der Waals surface area contributed by atoms with Gasteiger partial charge in [-0.3, -0.25) is 9.59 Å². The predicted octanol–water partition coefficient (Wildman–Crippen LogP) is 3.22. The van der Waals surface area contributed by atoms with E-state index in [0.29, 0.717) is 0 Å². The molecular weight excluding hydrogens is 371 g/mol. The number of alkyl halides is 3. The molecule has 5 nitrogen and oxygen atoms in total. The van der Waals surface area contributed by atoms with E-state index in [2.05, 4.69) is 10.6 Å². The molecule has 0 aromatic heterocycles. The molecule has 9 heteroatoms. The van der Waals surface area contributed by atoms with Crippen LogP contribution in [-0.4, -0.2) is 17.9 Å². The Hall–Kier alpha value is -1.80. The Kier molecular flexibility index (Phi) is 7.89. The van der Waals surface area contributed by atoms with Crippen molar-refractivity contribution < 1.29 is 22.8 Å². The van der Waals surface area contributed by atoms with E-state index in [-0.39, 0.29) is 42.0 Å². The smallest absolute Gasteiger partial charge is 0.344 e. The first-order valence-corrected chi connectivity index (χ1v) is 8.20. The lowest BCUT2D eigenvalue weighted by atomic mass is 9.97. The van der Waals surface area contributed by atoms with E-state index in [4.69, 9.17) is 5.73 Å². The number of amides is 2. The molecule has 2 amide bonds. The Balaban J connectivity index is 0.00000338. The maximum Gasteiger partial charge on any atom is 0.416 e. The second-order valence-corrected chi connectivity index (χ2v) is 6.33. The zero-order chi connectivity index (χ0) is 18.6. The summed E-state index contributed by atoms with van der Waals surface area (Å²) in [6.45, 7) is 1.23. The first-order chi connectivity index (χ1) is 11.7. The highest BCUT2D eigenvalue weighted by Crippen LogP contribution is 2.32. The van der Waals surface area contributed by atoms with Gasteiger partial charge in [-0.05, 0) is 42.5 Å². The summed E-state index contributed by atoms with van der Waals surface area (Å²) in [6.07, 6.45) is -0.999. The lowest BCUT2D eigenvalue weighted by Gasteiger charge is -2.23. The van der Waals surface area contributed by atoms with Crippen molar-refractivity contribution in [3.8, 4) is 0 Å². The number of hydrogen-bond donors (Lipinski definition) is 3. The van der Waals surface area contributed by atoms with Crippen LogP contribution in [0.2, 0.25) is 0 Å². The van der Waals surface area contributed by atoms with Crippen LogP contribution < -0.4 is 16.4 Å². The molecule has 0 aliphatic heterocycles. The number of nitrogens with one attached hydrogen (secondary N) is 2. The van der Waals surface area contributed by atoms with Gasteiger partial charge in [-0.15, -0.1) is 12.4 Å². The van der Waals surface area contributed by atoms with Crippen molar-refractivity contribution in [3.63, 3.8) is 0 Å². The zero-order valence-electron chi connectivity index (χ0n) is 14.4. The molecule has 1 fully saturated rings. The van der Waals surface area contributed by atoms with Crippen LogP contribution in [0, 0.1) is 5.92 Å². The summed E-state index contributed by atoms with van der Waals surface area (Å²) in [4.78, 5) is 24.0. The van der Waals surface area contributed by atoms with Crippen molar-refractivity contribution in [2.75, 3.05) is 5.32 Å². The van der Waals surface area contributed by atoms with Crippen LogP contribution in [0.15, 0.2) is 18.2 Å². The molecule has 146 valence electrons. The Morgan fingerprint density at radius 1 is 1.23 bits per heavy atom. The van der Waals surface area contributed by atoms with Gasteiger partial charge in [0.1, 0.15) is 6.04 Å². The molecule has 1 aliphatic carbocycles. The third-order valence-electron chi connectivity index (χ3n) is 4.34. The molecule has 0 bridgehead atoms. The van der Waals surface area contributed by atoms with E-state index < -0.39 is 23.7 Å². The Morgan fingerprint density at radius 3 is 2.35 bits per heavy atom. The van der Waals surface area contributed by atoms with Gasteiger partial charge in [-0.25, -0.2) is 0 Å². The van der Waals surface area contributed by atoms with Gasteiger partial charge in [0.2, 0.25) is 11.8 Å². The fourth-order valence-corrected chi connectivity index (χ4v) is 3.17. The molecule has 1 unspecified atom stereocenters. The fourth-order valence-electron chi connectivity index (χ4n) is 3.17. The quantitative estimate of drug-likeness (QED) is 0.718. The highest BCUT2D eigenvalue weighted by Gasteiger charge is 2.33. The van der Waals surface area contributed by atoms with Gasteiger partial charge >= 0.3 is 6.18 Å². The molecule has 26 heavy (non-hydrogen) atoms. The largest absolute Gasteiger partial charge is 0.416 e. The third-order valence-corrected chi connectivity index (χ3v) is 4.34. The summed E-state index contributed by atoms with van der Waals surface area (Å²) >= 11 is 0. The molecule has 0 saturated heterocycles. The van der Waals surface area contributed by atoms with Crippen LogP contribution in [0.1, 0.15) is 43.7 Å². The van der Waals surface area contributed by atoms with Crippen LogP contribution in [0.25, 0.3) is 0 Å². The summed E-state index contributed by atoms with van der Waals surface area (Å²) < 4.78 is 39.0. The van der Waals surface area contributed by atoms with Crippen molar-refractivity contribution >= 4 is 29.9 Å². The first kappa shape index (κ1) is 22.2. The second-order valence-electron chi connectivity index (χ2n) is 6.33. The second kappa shape index (κ2) is 9.23. The number of carbonyl (C=O) groups excluding carboxylic acids is 2. The maximum atomic E-state index is 13.0. The molecule has 2 rings (SSSR count). The van der Waals surface area contributed by atoms with Crippen LogP contribution in [0.4, 0.5) is 18.9 Å². The lowest BCUT2D eigenvalue weighted by Crippen LogP contribution is -2.47. The summed E-state index contributed by atoms with van der Waals surface area (Å²) in [5, 5.41) is 5.12. The van der Waals surface area contributed by atoms with E-state index in [1.54, 1.807) is 0 Å². The van der Waals surface area contributed by atoms with E-state index >= 15 is 0 Å². The zero-order valence-corrected chi connectivity index (χ0v) is 15.2. The fraction of sp³-hybridized carbons (Fsp3) is 0.529. The van der Waals surface area contributed by atoms with Gasteiger partial charge in [0.15, 0.2) is 0 Å². The molecule has 0 spiro atoms. The predicted molar refractivity (Wildman–Crippen MR) is 94.8 cm³/mol. The summed E-state index contributed by atoms with van der Waals surface area (Å²) in [5.41, 5.74) is 4.87. The molecule has 1 aliphatic rings. The van der Waals surface area contributed by atoms with Gasteiger partial charge in [0, 0.05) is 19.2 Å². The number of hydrogen-bond acceptors (Lipinski definition) is 3. The van der Waals surface area contributed by atoms with E-state index in [9.17, 15) is 22.8 Å². The van der Waals surface area contributed by atoms with Gasteiger partial charge in [0.25, 0.3) is 0 Å². The van der Waals surface area contributed by atoms with E-state index in [0.717, 1.165) is 37.8 Å². The van der Waals surface area contributed by atoms with Crippen molar-refractivity contribution in [2.45, 2.75) is 51.4 Å². The Morgan fingerprint density at radius 2 is 1.85 bits per heavy atom. The number of benzene rings is 1. The first-order valence-electron chi connectivity index (χ1n) is 8.20. The number of carbonyl (C=O) groups is 2. The molecule has 4 N–H and O–H groups in total. The lowest BCUT2D eigenvalue weighted by molar-refractivity contribution is -0.137. The van der Waals surface area contributed by atoms with Crippen LogP contribution in [0.3, 0.4) is 0 Å². The molecule has 1 aromatic carbocycles. The van der Waals surface area contributed by atoms with Crippen LogP contribution in [0.5, 0.6) is 0 Å². The monoisotopic (exact) mass is 393 g/mol. The number of anilines is 1. The van der Waals surface area contributed by atoms with Gasteiger partial charge in [0.05, 0.1) is 5.56 Å². The summed E-state index contributed by atoms with van der Waals surface area (Å²) in [7, 11) is 0. The highest BCUT2D eigenvalue weighted by molar-refractivity contribution is 5.97. The minimum atomic E-state index is -4.53. The van der Waals surface area contributed by atoms with Crippen LogP contribution >= 0.6 is 12.4 Å². The standard InChI is InChI=1S/C17H22F3N3O2.ClH/c1-10(24)22-15(12-4-2-3-5-12)16(25)23-14-7-11(9-21)6-13(8-14)17(18,19)20;/h6-8,12,15H,2-5,9,21H2,1H3,(H,22,24)(H,23,25);1H. The normalized spacial score (nSPS) is 15.9. The molecule has 1 atom stereocenters. The molecule has 1 aromatic rings. The van der Waals surface area contributed by atoms with Gasteiger partial charge in [-0.1, -0.05) is 12.8 Å². The average Bonchev–Trinajstić information content (AvgIpc) is 3.05. The minimum absolute atomic E-state index is 0. The highest BCUT2D eigenvalue weighted by atomic mass is 35.5. The van der Waals surface area contributed by atoms with E-state index in [1.807, 2.05) is 0 Å². The molecule has 0 radical (unpaired) electrons. The van der Waals surface area contributed by atoms with Crippen LogP contribution in [-0.2, 0) is 22.3 Å². The Labute approximate surface area is 156 Å². The van der Waals surface area contributed by atoms with Crippen molar-refractivity contribution in [2.24, 2.45) is 11.7 Å². The topological polar surface area (TPSA) is 84.2 Å². The SMILES string of the molecule is CC(=O)NC(C(=O)Nc1cc(CN)cc(C(F)(F)F)c1)C1CCCC1.Cl. The number of nitrogens with two attached hydrogens (primary N) is 1. The van der Waals surface area contributed by atoms with Gasteiger partial charge < -0.3 is 16.4 Å². The van der Waals surface area contributed by atoms with Crippen molar-refractivity contribution in [1.82, 2.24) is 5.32 Å². The number of rotatable bonds is 5. The average molecular weight is 394 g/mol. The van der Waals surface area contributed by atoms with Crippen molar-refractivity contribution in [3.05, 3.63) is 29.3 Å². The maximum absolute atomic E-state index is 13.0. The molecule has 0 heterocycles. The summed E-state index contributed by atoms with van der Waals surface area (Å²) in [6, 6.07) is 2.48. The molecule has 1 saturated carbocycles.